The van der Waals surface area contributed by atoms with Gasteiger partial charge in [-0.25, -0.2) is 0 Å². The molecule has 1 aliphatic heterocycles. The molecule has 0 saturated heterocycles. The second kappa shape index (κ2) is 7.53. The van der Waals surface area contributed by atoms with Gasteiger partial charge in [-0.05, 0) is 74.2 Å². The second-order valence-corrected chi connectivity index (χ2v) is 6.95. The molecule has 4 rings (SSSR count). The number of fused-ring (bicyclic) bond motifs is 2. The van der Waals surface area contributed by atoms with Gasteiger partial charge in [-0.2, -0.15) is 0 Å². The van der Waals surface area contributed by atoms with Crippen LogP contribution in [0.1, 0.15) is 24.0 Å². The third-order valence-corrected chi connectivity index (χ3v) is 5.13. The van der Waals surface area contributed by atoms with E-state index in [0.717, 1.165) is 53.3 Å². The van der Waals surface area contributed by atoms with Crippen molar-refractivity contribution in [3.05, 3.63) is 41.5 Å². The lowest BCUT2D eigenvalue weighted by atomic mass is 9.99. The smallest absolute Gasteiger partial charge is 0.162 e. The molecule has 1 aliphatic rings. The fourth-order valence-electron chi connectivity index (χ4n) is 3.76. The highest BCUT2D eigenvalue weighted by Crippen LogP contribution is 2.39. The van der Waals surface area contributed by atoms with E-state index >= 15 is 0 Å². The maximum atomic E-state index is 5.78. The van der Waals surface area contributed by atoms with Crippen LogP contribution < -0.4 is 19.9 Å². The van der Waals surface area contributed by atoms with Crippen molar-refractivity contribution in [2.24, 2.45) is 5.73 Å². The molecule has 0 bridgehead atoms. The summed E-state index contributed by atoms with van der Waals surface area (Å²) >= 11 is 0. The predicted molar refractivity (Wildman–Crippen MR) is 108 cm³/mol. The number of H-pyrrole nitrogens is 1. The zero-order valence-corrected chi connectivity index (χ0v) is 15.9. The zero-order chi connectivity index (χ0) is 18.8. The predicted octanol–water partition coefficient (Wildman–Crippen LogP) is 4.20. The zero-order valence-electron chi connectivity index (χ0n) is 15.9. The van der Waals surface area contributed by atoms with E-state index in [1.165, 1.54) is 16.5 Å². The summed E-state index contributed by atoms with van der Waals surface area (Å²) in [4.78, 5) is 3.65. The summed E-state index contributed by atoms with van der Waals surface area (Å²) in [6, 6.07) is 10.3. The number of aryl methyl sites for hydroxylation is 2. The van der Waals surface area contributed by atoms with Crippen molar-refractivity contribution in [2.75, 3.05) is 26.9 Å². The minimum atomic E-state index is 0.586. The summed E-state index contributed by atoms with van der Waals surface area (Å²) in [5.74, 6) is 2.50. The number of benzene rings is 2. The van der Waals surface area contributed by atoms with Gasteiger partial charge < -0.3 is 24.9 Å². The molecule has 0 spiro atoms. The number of aromatic amines is 1. The van der Waals surface area contributed by atoms with Crippen molar-refractivity contribution in [3.8, 4) is 28.5 Å². The van der Waals surface area contributed by atoms with Crippen LogP contribution in [0.25, 0.3) is 22.2 Å². The fourth-order valence-corrected chi connectivity index (χ4v) is 3.76. The summed E-state index contributed by atoms with van der Waals surface area (Å²) in [7, 11) is 1.71. The van der Waals surface area contributed by atoms with Gasteiger partial charge in [0.1, 0.15) is 19.0 Å². The van der Waals surface area contributed by atoms with Crippen molar-refractivity contribution in [2.45, 2.75) is 26.2 Å². The van der Waals surface area contributed by atoms with Crippen LogP contribution in [-0.2, 0) is 6.42 Å². The molecular formula is C22H26N2O3. The van der Waals surface area contributed by atoms with E-state index in [1.54, 1.807) is 7.11 Å². The van der Waals surface area contributed by atoms with Crippen molar-refractivity contribution < 1.29 is 14.2 Å². The SMILES string of the molecule is COc1cc(C)c2[nH]c(-c3ccc4c(c3)OCCO4)c(CCCCN)c2c1. The Balaban J connectivity index is 1.85. The normalized spacial score (nSPS) is 13.1. The molecule has 0 fully saturated rings. The van der Waals surface area contributed by atoms with Gasteiger partial charge in [0.2, 0.25) is 0 Å². The van der Waals surface area contributed by atoms with Crippen LogP contribution >= 0.6 is 0 Å². The lowest BCUT2D eigenvalue weighted by molar-refractivity contribution is 0.171. The molecule has 0 amide bonds. The Bertz CT molecular complexity index is 962. The first-order valence-electron chi connectivity index (χ1n) is 9.50. The minimum Gasteiger partial charge on any atom is -0.497 e. The van der Waals surface area contributed by atoms with Gasteiger partial charge >= 0.3 is 0 Å². The standard InChI is InChI=1S/C22H26N2O3/c1-14-11-16(25-2)13-18-17(5-3-4-8-23)22(24-21(14)18)15-6-7-19-20(12-15)27-10-9-26-19/h6-7,11-13,24H,3-5,8-10,23H2,1-2H3. The summed E-state index contributed by atoms with van der Waals surface area (Å²) in [6.45, 7) is 4.01. The Labute approximate surface area is 159 Å². The lowest BCUT2D eigenvalue weighted by Crippen LogP contribution is -2.15. The lowest BCUT2D eigenvalue weighted by Gasteiger charge is -2.19. The molecule has 5 heteroatoms. The Morgan fingerprint density at radius 1 is 1.07 bits per heavy atom. The molecule has 5 nitrogen and oxygen atoms in total. The molecule has 0 unspecified atom stereocenters. The minimum absolute atomic E-state index is 0.586. The van der Waals surface area contributed by atoms with Gasteiger partial charge in [-0.15, -0.1) is 0 Å². The van der Waals surface area contributed by atoms with E-state index < -0.39 is 0 Å². The number of hydrogen-bond donors (Lipinski definition) is 2. The van der Waals surface area contributed by atoms with E-state index in [9.17, 15) is 0 Å². The van der Waals surface area contributed by atoms with Gasteiger partial charge in [-0.1, -0.05) is 0 Å². The van der Waals surface area contributed by atoms with Crippen LogP contribution in [-0.4, -0.2) is 31.9 Å². The van der Waals surface area contributed by atoms with Crippen molar-refractivity contribution in [1.82, 2.24) is 4.98 Å². The quantitative estimate of drug-likeness (QED) is 0.641. The first kappa shape index (κ1) is 17.7. The summed E-state index contributed by atoms with van der Waals surface area (Å²) in [5, 5.41) is 1.22. The van der Waals surface area contributed by atoms with Crippen LogP contribution in [0, 0.1) is 6.92 Å². The fraction of sp³-hybridized carbons (Fsp3) is 0.364. The van der Waals surface area contributed by atoms with Gasteiger partial charge in [0.15, 0.2) is 11.5 Å². The maximum absolute atomic E-state index is 5.78. The average Bonchev–Trinajstić information content (AvgIpc) is 3.07. The molecular weight excluding hydrogens is 340 g/mol. The molecule has 2 aromatic carbocycles. The second-order valence-electron chi connectivity index (χ2n) is 6.95. The molecule has 1 aromatic heterocycles. The highest BCUT2D eigenvalue weighted by molar-refractivity contribution is 5.94. The molecule has 0 aliphatic carbocycles. The Kier molecular flexibility index (Phi) is 4.94. The number of unbranched alkanes of at least 4 members (excludes halogenated alkanes) is 1. The summed E-state index contributed by atoms with van der Waals surface area (Å²) in [5.41, 5.74) is 11.6. The van der Waals surface area contributed by atoms with Crippen LogP contribution in [0.3, 0.4) is 0 Å². The van der Waals surface area contributed by atoms with Crippen molar-refractivity contribution >= 4 is 10.9 Å². The number of aromatic nitrogens is 1. The first-order valence-corrected chi connectivity index (χ1v) is 9.50. The Hall–Kier alpha value is -2.66. The number of ether oxygens (including phenoxy) is 3. The van der Waals surface area contributed by atoms with Gasteiger partial charge in [-0.3, -0.25) is 0 Å². The molecule has 0 atom stereocenters. The monoisotopic (exact) mass is 366 g/mol. The highest BCUT2D eigenvalue weighted by Gasteiger charge is 2.18. The topological polar surface area (TPSA) is 69.5 Å². The van der Waals surface area contributed by atoms with Gasteiger partial charge in [0.05, 0.1) is 7.11 Å². The van der Waals surface area contributed by atoms with E-state index in [-0.39, 0.29) is 0 Å². The van der Waals surface area contributed by atoms with Crippen LogP contribution in [0.2, 0.25) is 0 Å². The highest BCUT2D eigenvalue weighted by atomic mass is 16.6. The van der Waals surface area contributed by atoms with E-state index in [1.807, 2.05) is 6.07 Å². The van der Waals surface area contributed by atoms with E-state index in [0.29, 0.717) is 19.8 Å². The Morgan fingerprint density at radius 2 is 1.89 bits per heavy atom. The Morgan fingerprint density at radius 3 is 2.67 bits per heavy atom. The largest absolute Gasteiger partial charge is 0.497 e. The van der Waals surface area contributed by atoms with Gasteiger partial charge in [0.25, 0.3) is 0 Å². The molecule has 0 radical (unpaired) electrons. The average molecular weight is 366 g/mol. The van der Waals surface area contributed by atoms with Crippen molar-refractivity contribution in [1.29, 1.82) is 0 Å². The molecule has 3 aromatic rings. The number of hydrogen-bond acceptors (Lipinski definition) is 4. The molecule has 142 valence electrons. The molecule has 2 heterocycles. The maximum Gasteiger partial charge on any atom is 0.162 e. The van der Waals surface area contributed by atoms with Crippen LogP contribution in [0.4, 0.5) is 0 Å². The number of rotatable bonds is 6. The number of nitrogens with two attached hydrogens (primary N) is 1. The molecule has 3 N–H and O–H groups in total. The summed E-state index contributed by atoms with van der Waals surface area (Å²) in [6.07, 6.45) is 3.03. The van der Waals surface area contributed by atoms with Crippen LogP contribution in [0.5, 0.6) is 17.2 Å². The van der Waals surface area contributed by atoms with E-state index in [2.05, 4.69) is 36.2 Å². The summed E-state index contributed by atoms with van der Waals surface area (Å²) < 4.78 is 17.0. The van der Waals surface area contributed by atoms with Crippen LogP contribution in [0.15, 0.2) is 30.3 Å². The third kappa shape index (κ3) is 3.35. The first-order chi connectivity index (χ1) is 13.2. The van der Waals surface area contributed by atoms with Crippen molar-refractivity contribution in [3.63, 3.8) is 0 Å². The van der Waals surface area contributed by atoms with Gasteiger partial charge in [0, 0.05) is 22.2 Å². The molecule has 27 heavy (non-hydrogen) atoms. The third-order valence-electron chi connectivity index (χ3n) is 5.13. The number of methoxy groups -OCH3 is 1. The number of nitrogens with one attached hydrogen (secondary N) is 1. The molecule has 0 saturated carbocycles. The van der Waals surface area contributed by atoms with E-state index in [4.69, 9.17) is 19.9 Å².